The van der Waals surface area contributed by atoms with E-state index in [1.165, 1.54) is 0 Å². The number of rotatable bonds is 7. The Bertz CT molecular complexity index is 1130. The largest absolute Gasteiger partial charge is 0.352 e. The van der Waals surface area contributed by atoms with Gasteiger partial charge in [-0.3, -0.25) is 9.59 Å². The Hall–Kier alpha value is -2.85. The van der Waals surface area contributed by atoms with Gasteiger partial charge in [0, 0.05) is 37.2 Å². The van der Waals surface area contributed by atoms with Crippen molar-refractivity contribution in [2.45, 2.75) is 38.1 Å². The molecule has 10 heteroatoms. The Balaban J connectivity index is 1.55. The number of piperidine rings is 1. The van der Waals surface area contributed by atoms with Crippen LogP contribution in [0.4, 0.5) is 14.5 Å². The van der Waals surface area contributed by atoms with Gasteiger partial charge in [0.05, 0.1) is 0 Å². The number of nitrogens with one attached hydrogen (secondary N) is 2. The van der Waals surface area contributed by atoms with Crippen molar-refractivity contribution in [1.29, 1.82) is 0 Å². The van der Waals surface area contributed by atoms with Crippen LogP contribution in [0.25, 0.3) is 0 Å². The third-order valence-corrected chi connectivity index (χ3v) is 7.44. The summed E-state index contributed by atoms with van der Waals surface area (Å²) in [6, 6.07) is 9.47. The van der Waals surface area contributed by atoms with E-state index in [-0.39, 0.29) is 50.2 Å². The molecule has 1 heterocycles. The van der Waals surface area contributed by atoms with Gasteiger partial charge in [-0.15, -0.1) is 0 Å². The second-order valence-electron chi connectivity index (χ2n) is 8.32. The first-order valence-corrected chi connectivity index (χ1v) is 12.1. The highest BCUT2D eigenvalue weighted by Crippen LogP contribution is 2.26. The van der Waals surface area contributed by atoms with Gasteiger partial charge in [0.15, 0.2) is 0 Å². The number of hydrogen-bond acceptors (Lipinski definition) is 4. The number of nitrogens with zero attached hydrogens (tertiary/aromatic N) is 1. The van der Waals surface area contributed by atoms with E-state index in [0.717, 1.165) is 22.0 Å². The quantitative estimate of drug-likeness (QED) is 0.637. The third-order valence-electron chi connectivity index (χ3n) is 5.52. The summed E-state index contributed by atoms with van der Waals surface area (Å²) < 4.78 is 53.9. The van der Waals surface area contributed by atoms with Crippen LogP contribution in [0, 0.1) is 23.5 Å². The molecule has 0 aliphatic carbocycles. The topological polar surface area (TPSA) is 95.6 Å². The minimum Gasteiger partial charge on any atom is -0.352 e. The minimum absolute atomic E-state index is 0.0348. The minimum atomic E-state index is -4.19. The van der Waals surface area contributed by atoms with Crippen LogP contribution < -0.4 is 10.6 Å². The van der Waals surface area contributed by atoms with E-state index in [4.69, 9.17) is 0 Å². The lowest BCUT2D eigenvalue weighted by Crippen LogP contribution is -2.43. The van der Waals surface area contributed by atoms with E-state index < -0.39 is 32.5 Å². The summed E-state index contributed by atoms with van der Waals surface area (Å²) in [4.78, 5) is 23.7. The first kappa shape index (κ1) is 24.8. The van der Waals surface area contributed by atoms with E-state index in [0.29, 0.717) is 11.8 Å². The van der Waals surface area contributed by atoms with Crippen molar-refractivity contribution in [3.63, 3.8) is 0 Å². The zero-order chi connectivity index (χ0) is 24.2. The fourth-order valence-electron chi connectivity index (χ4n) is 3.55. The molecule has 3 rings (SSSR count). The van der Waals surface area contributed by atoms with Gasteiger partial charge in [-0.25, -0.2) is 17.2 Å². The lowest BCUT2D eigenvalue weighted by Gasteiger charge is -2.30. The molecule has 2 aromatic carbocycles. The molecule has 0 atom stereocenters. The molecule has 0 aromatic heterocycles. The molecule has 1 saturated heterocycles. The molecule has 1 fully saturated rings. The molecule has 178 valence electrons. The predicted molar refractivity (Wildman–Crippen MR) is 120 cm³/mol. The maximum atomic E-state index is 14.0. The monoisotopic (exact) mass is 479 g/mol. The molecule has 0 bridgehead atoms. The van der Waals surface area contributed by atoms with E-state index in [1.807, 2.05) is 6.07 Å². The highest BCUT2D eigenvalue weighted by atomic mass is 32.2. The lowest BCUT2D eigenvalue weighted by molar-refractivity contribution is -0.126. The van der Waals surface area contributed by atoms with Crippen molar-refractivity contribution < 1.29 is 26.8 Å². The lowest BCUT2D eigenvalue weighted by atomic mass is 9.97. The smallest absolute Gasteiger partial charge is 0.246 e. The molecule has 0 saturated carbocycles. The summed E-state index contributed by atoms with van der Waals surface area (Å²) in [6.07, 6.45) is 0.541. The summed E-state index contributed by atoms with van der Waals surface area (Å²) >= 11 is 0. The Morgan fingerprint density at radius 1 is 1.09 bits per heavy atom. The van der Waals surface area contributed by atoms with Crippen molar-refractivity contribution >= 4 is 27.5 Å². The van der Waals surface area contributed by atoms with Crippen LogP contribution in [-0.4, -0.2) is 37.6 Å². The molecule has 0 spiro atoms. The molecule has 0 radical (unpaired) electrons. The van der Waals surface area contributed by atoms with Crippen LogP contribution >= 0.6 is 0 Å². The zero-order valence-electron chi connectivity index (χ0n) is 18.5. The Kier molecular flexibility index (Phi) is 7.80. The predicted octanol–water partition coefficient (Wildman–Crippen LogP) is 3.28. The fourth-order valence-corrected chi connectivity index (χ4v) is 5.10. The van der Waals surface area contributed by atoms with Crippen molar-refractivity contribution in [3.05, 3.63) is 59.7 Å². The molecule has 0 unspecified atom stereocenters. The van der Waals surface area contributed by atoms with Crippen LogP contribution in [0.15, 0.2) is 47.4 Å². The SMILES string of the molecule is CC(C)C(=O)Nc1cccc(CNC(=O)C2CCN(S(=O)(=O)c3cc(F)ccc3F)CC2)c1. The summed E-state index contributed by atoms with van der Waals surface area (Å²) in [6.45, 7) is 3.92. The molecule has 2 aromatic rings. The molecule has 1 aliphatic heterocycles. The second-order valence-corrected chi connectivity index (χ2v) is 10.2. The Labute approximate surface area is 192 Å². The average molecular weight is 480 g/mol. The summed E-state index contributed by atoms with van der Waals surface area (Å²) in [5.41, 5.74) is 1.45. The number of benzene rings is 2. The normalized spacial score (nSPS) is 15.4. The van der Waals surface area contributed by atoms with Gasteiger partial charge in [0.25, 0.3) is 0 Å². The number of anilines is 1. The maximum absolute atomic E-state index is 14.0. The van der Waals surface area contributed by atoms with E-state index in [9.17, 15) is 26.8 Å². The second kappa shape index (κ2) is 10.4. The highest BCUT2D eigenvalue weighted by molar-refractivity contribution is 7.89. The molecule has 2 N–H and O–H groups in total. The van der Waals surface area contributed by atoms with E-state index >= 15 is 0 Å². The van der Waals surface area contributed by atoms with Crippen LogP contribution in [0.2, 0.25) is 0 Å². The molecular formula is C23H27F2N3O4S. The van der Waals surface area contributed by atoms with Crippen LogP contribution in [0.5, 0.6) is 0 Å². The van der Waals surface area contributed by atoms with Gasteiger partial charge in [-0.2, -0.15) is 4.31 Å². The Morgan fingerprint density at radius 2 is 1.79 bits per heavy atom. The first-order valence-electron chi connectivity index (χ1n) is 10.7. The standard InChI is InChI=1S/C23H27F2N3O4S/c1-15(2)22(29)27-19-5-3-4-16(12-19)14-26-23(30)17-8-10-28(11-9-17)33(31,32)21-13-18(24)6-7-20(21)25/h3-7,12-13,15,17H,8-11,14H2,1-2H3,(H,26,30)(H,27,29). The number of carbonyl (C=O) groups is 2. The molecule has 2 amide bonds. The number of carbonyl (C=O) groups excluding carboxylic acids is 2. The highest BCUT2D eigenvalue weighted by Gasteiger charge is 2.33. The molecular weight excluding hydrogens is 452 g/mol. The molecule has 1 aliphatic rings. The maximum Gasteiger partial charge on any atom is 0.246 e. The fraction of sp³-hybridized carbons (Fsp3) is 0.391. The van der Waals surface area contributed by atoms with Gasteiger partial charge < -0.3 is 10.6 Å². The average Bonchev–Trinajstić information content (AvgIpc) is 2.79. The third kappa shape index (κ3) is 6.14. The number of sulfonamides is 1. The van der Waals surface area contributed by atoms with Crippen LogP contribution in [0.1, 0.15) is 32.3 Å². The summed E-state index contributed by atoms with van der Waals surface area (Å²) in [7, 11) is -4.19. The summed E-state index contributed by atoms with van der Waals surface area (Å²) in [5, 5.41) is 5.65. The van der Waals surface area contributed by atoms with Gasteiger partial charge in [0.1, 0.15) is 16.5 Å². The van der Waals surface area contributed by atoms with Crippen molar-refractivity contribution in [2.75, 3.05) is 18.4 Å². The van der Waals surface area contributed by atoms with Crippen molar-refractivity contribution in [2.24, 2.45) is 11.8 Å². The van der Waals surface area contributed by atoms with Gasteiger partial charge in [-0.05, 0) is 48.7 Å². The van der Waals surface area contributed by atoms with Crippen LogP contribution in [-0.2, 0) is 26.2 Å². The summed E-state index contributed by atoms with van der Waals surface area (Å²) in [5.74, 6) is -2.70. The van der Waals surface area contributed by atoms with E-state index in [2.05, 4.69) is 10.6 Å². The van der Waals surface area contributed by atoms with Gasteiger partial charge in [-0.1, -0.05) is 26.0 Å². The van der Waals surface area contributed by atoms with E-state index in [1.54, 1.807) is 32.0 Å². The number of halogens is 2. The van der Waals surface area contributed by atoms with Crippen molar-refractivity contribution in [1.82, 2.24) is 9.62 Å². The molecule has 33 heavy (non-hydrogen) atoms. The zero-order valence-corrected chi connectivity index (χ0v) is 19.3. The Morgan fingerprint density at radius 3 is 2.45 bits per heavy atom. The van der Waals surface area contributed by atoms with Gasteiger partial charge in [0.2, 0.25) is 21.8 Å². The van der Waals surface area contributed by atoms with Crippen molar-refractivity contribution in [3.8, 4) is 0 Å². The molecule has 7 nitrogen and oxygen atoms in total. The first-order chi connectivity index (χ1) is 15.6. The van der Waals surface area contributed by atoms with Crippen LogP contribution in [0.3, 0.4) is 0 Å². The number of hydrogen-bond donors (Lipinski definition) is 2. The van der Waals surface area contributed by atoms with Gasteiger partial charge >= 0.3 is 0 Å². The number of amides is 2.